The molecular weight excluding hydrogens is 208 g/mol. The van der Waals surface area contributed by atoms with Gasteiger partial charge in [-0.25, -0.2) is 0 Å². The van der Waals surface area contributed by atoms with E-state index in [0.29, 0.717) is 11.0 Å². The highest BCUT2D eigenvalue weighted by Gasteiger charge is 2.14. The van der Waals surface area contributed by atoms with Gasteiger partial charge >= 0.3 is 0 Å². The van der Waals surface area contributed by atoms with Crippen molar-refractivity contribution in [1.82, 2.24) is 0 Å². The van der Waals surface area contributed by atoms with E-state index in [0.717, 1.165) is 30.9 Å². The van der Waals surface area contributed by atoms with Gasteiger partial charge in [-0.1, -0.05) is 12.2 Å². The van der Waals surface area contributed by atoms with Crippen LogP contribution in [0.2, 0.25) is 0 Å². The molecule has 2 rings (SSSR count). The molecule has 15 heavy (non-hydrogen) atoms. The highest BCUT2D eigenvalue weighted by Crippen LogP contribution is 2.14. The van der Waals surface area contributed by atoms with E-state index in [1.54, 1.807) is 0 Å². The van der Waals surface area contributed by atoms with E-state index in [9.17, 15) is 0 Å². The Bertz CT molecular complexity index is 344. The Morgan fingerprint density at radius 3 is 2.67 bits per heavy atom. The van der Waals surface area contributed by atoms with Crippen LogP contribution in [-0.2, 0) is 4.74 Å². The summed E-state index contributed by atoms with van der Waals surface area (Å²) in [6, 6.07) is 8.28. The largest absolute Gasteiger partial charge is 0.389 e. The fourth-order valence-electron chi connectivity index (χ4n) is 1.61. The third-order valence-corrected chi connectivity index (χ3v) is 2.71. The predicted molar refractivity (Wildman–Crippen MR) is 65.2 cm³/mol. The van der Waals surface area contributed by atoms with Crippen molar-refractivity contribution in [2.24, 2.45) is 5.73 Å². The SMILES string of the molecule is NC(=S)c1ccc(NC2CCOC2)cc1. The first-order valence-electron chi connectivity index (χ1n) is 5.00. The predicted octanol–water partition coefficient (Wildman–Crippen LogP) is 1.52. The number of rotatable bonds is 3. The Labute approximate surface area is 94.6 Å². The van der Waals surface area contributed by atoms with Gasteiger partial charge in [-0.3, -0.25) is 0 Å². The molecule has 3 nitrogen and oxygen atoms in total. The van der Waals surface area contributed by atoms with E-state index in [4.69, 9.17) is 22.7 Å². The number of anilines is 1. The topological polar surface area (TPSA) is 47.3 Å². The van der Waals surface area contributed by atoms with Crippen molar-refractivity contribution in [3.8, 4) is 0 Å². The van der Waals surface area contributed by atoms with Crippen LogP contribution in [0.4, 0.5) is 5.69 Å². The van der Waals surface area contributed by atoms with Gasteiger partial charge in [-0.05, 0) is 30.7 Å². The van der Waals surface area contributed by atoms with Crippen molar-refractivity contribution in [1.29, 1.82) is 0 Å². The molecule has 0 amide bonds. The molecule has 1 atom stereocenters. The molecule has 1 unspecified atom stereocenters. The second-order valence-corrected chi connectivity index (χ2v) is 4.09. The summed E-state index contributed by atoms with van der Waals surface area (Å²) >= 11 is 4.89. The molecule has 0 bridgehead atoms. The molecule has 0 spiro atoms. The summed E-state index contributed by atoms with van der Waals surface area (Å²) in [5, 5.41) is 3.40. The number of hydrogen-bond donors (Lipinski definition) is 2. The normalized spacial score (nSPS) is 20.1. The molecule has 1 heterocycles. The van der Waals surface area contributed by atoms with Crippen LogP contribution in [0.5, 0.6) is 0 Å². The number of nitrogens with one attached hydrogen (secondary N) is 1. The van der Waals surface area contributed by atoms with Crippen molar-refractivity contribution in [2.45, 2.75) is 12.5 Å². The lowest BCUT2D eigenvalue weighted by atomic mass is 10.2. The Hall–Kier alpha value is -1.13. The highest BCUT2D eigenvalue weighted by molar-refractivity contribution is 7.80. The monoisotopic (exact) mass is 222 g/mol. The molecule has 1 aliphatic heterocycles. The first-order valence-corrected chi connectivity index (χ1v) is 5.40. The van der Waals surface area contributed by atoms with Gasteiger partial charge in [0.25, 0.3) is 0 Å². The molecule has 3 N–H and O–H groups in total. The Balaban J connectivity index is 2.00. The van der Waals surface area contributed by atoms with Gasteiger partial charge in [0.1, 0.15) is 4.99 Å². The average molecular weight is 222 g/mol. The zero-order valence-corrected chi connectivity index (χ0v) is 9.22. The van der Waals surface area contributed by atoms with Crippen LogP contribution in [0, 0.1) is 0 Å². The summed E-state index contributed by atoms with van der Waals surface area (Å²) < 4.78 is 5.29. The lowest BCUT2D eigenvalue weighted by Gasteiger charge is -2.12. The molecule has 4 heteroatoms. The summed E-state index contributed by atoms with van der Waals surface area (Å²) in [6.45, 7) is 1.64. The number of ether oxygens (including phenoxy) is 1. The molecule has 1 aliphatic rings. The van der Waals surface area contributed by atoms with Gasteiger partial charge in [-0.2, -0.15) is 0 Å². The molecule has 1 fully saturated rings. The minimum absolute atomic E-state index is 0.431. The van der Waals surface area contributed by atoms with Crippen LogP contribution < -0.4 is 11.1 Å². The van der Waals surface area contributed by atoms with Gasteiger partial charge < -0.3 is 15.8 Å². The first kappa shape index (κ1) is 10.4. The minimum Gasteiger partial charge on any atom is -0.389 e. The maximum absolute atomic E-state index is 5.52. The minimum atomic E-state index is 0.431. The summed E-state index contributed by atoms with van der Waals surface area (Å²) in [6.07, 6.45) is 1.07. The molecular formula is C11H14N2OS. The van der Waals surface area contributed by atoms with E-state index < -0.39 is 0 Å². The second-order valence-electron chi connectivity index (χ2n) is 3.65. The van der Waals surface area contributed by atoms with Crippen LogP contribution in [0.3, 0.4) is 0 Å². The molecule has 0 aliphatic carbocycles. The van der Waals surface area contributed by atoms with E-state index in [-0.39, 0.29) is 0 Å². The van der Waals surface area contributed by atoms with E-state index >= 15 is 0 Å². The van der Waals surface area contributed by atoms with Crippen LogP contribution in [0.25, 0.3) is 0 Å². The lowest BCUT2D eigenvalue weighted by molar-refractivity contribution is 0.195. The molecule has 0 saturated carbocycles. The van der Waals surface area contributed by atoms with Gasteiger partial charge in [0.2, 0.25) is 0 Å². The smallest absolute Gasteiger partial charge is 0.103 e. The van der Waals surface area contributed by atoms with Gasteiger partial charge in [0.15, 0.2) is 0 Å². The van der Waals surface area contributed by atoms with Gasteiger partial charge in [-0.15, -0.1) is 0 Å². The molecule has 1 aromatic carbocycles. The molecule has 80 valence electrons. The van der Waals surface area contributed by atoms with E-state index in [2.05, 4.69) is 5.32 Å². The molecule has 1 aromatic rings. The standard InChI is InChI=1S/C11H14N2OS/c12-11(15)8-1-3-9(4-2-8)13-10-5-6-14-7-10/h1-4,10,13H,5-7H2,(H2,12,15). The zero-order chi connectivity index (χ0) is 10.7. The van der Waals surface area contributed by atoms with Crippen molar-refractivity contribution < 1.29 is 4.74 Å². The van der Waals surface area contributed by atoms with Crippen LogP contribution in [-0.4, -0.2) is 24.2 Å². The number of thiocarbonyl (C=S) groups is 1. The number of nitrogens with two attached hydrogens (primary N) is 1. The van der Waals surface area contributed by atoms with Crippen LogP contribution in [0.1, 0.15) is 12.0 Å². The molecule has 0 radical (unpaired) electrons. The van der Waals surface area contributed by atoms with Crippen molar-refractivity contribution in [3.05, 3.63) is 29.8 Å². The third kappa shape index (κ3) is 2.67. The summed E-state index contributed by atoms with van der Waals surface area (Å²) in [4.78, 5) is 0.436. The van der Waals surface area contributed by atoms with Crippen molar-refractivity contribution in [3.63, 3.8) is 0 Å². The maximum atomic E-state index is 5.52. The number of hydrogen-bond acceptors (Lipinski definition) is 3. The maximum Gasteiger partial charge on any atom is 0.103 e. The fourth-order valence-corrected chi connectivity index (χ4v) is 1.75. The van der Waals surface area contributed by atoms with Gasteiger partial charge in [0, 0.05) is 17.9 Å². The Morgan fingerprint density at radius 2 is 2.13 bits per heavy atom. The quantitative estimate of drug-likeness (QED) is 0.761. The van der Waals surface area contributed by atoms with E-state index in [1.165, 1.54) is 0 Å². The zero-order valence-electron chi connectivity index (χ0n) is 8.40. The fraction of sp³-hybridized carbons (Fsp3) is 0.364. The molecule has 0 aromatic heterocycles. The second kappa shape index (κ2) is 4.59. The van der Waals surface area contributed by atoms with Crippen LogP contribution in [0.15, 0.2) is 24.3 Å². The van der Waals surface area contributed by atoms with Crippen molar-refractivity contribution in [2.75, 3.05) is 18.5 Å². The summed E-state index contributed by atoms with van der Waals surface area (Å²) in [5.74, 6) is 0. The third-order valence-electron chi connectivity index (χ3n) is 2.47. The van der Waals surface area contributed by atoms with E-state index in [1.807, 2.05) is 24.3 Å². The van der Waals surface area contributed by atoms with Crippen LogP contribution >= 0.6 is 12.2 Å². The lowest BCUT2D eigenvalue weighted by Crippen LogP contribution is -2.19. The molecule has 1 saturated heterocycles. The highest BCUT2D eigenvalue weighted by atomic mass is 32.1. The Kier molecular flexibility index (Phi) is 3.18. The first-order chi connectivity index (χ1) is 7.25. The summed E-state index contributed by atoms with van der Waals surface area (Å²) in [5.41, 5.74) is 7.51. The van der Waals surface area contributed by atoms with Crippen molar-refractivity contribution >= 4 is 22.9 Å². The average Bonchev–Trinajstić information content (AvgIpc) is 2.71. The number of benzene rings is 1. The Morgan fingerprint density at radius 1 is 1.40 bits per heavy atom. The summed E-state index contributed by atoms with van der Waals surface area (Å²) in [7, 11) is 0. The van der Waals surface area contributed by atoms with Gasteiger partial charge in [0.05, 0.1) is 12.6 Å².